The van der Waals surface area contributed by atoms with Crippen LogP contribution in [0.4, 0.5) is 0 Å². The summed E-state index contributed by atoms with van der Waals surface area (Å²) in [5.41, 5.74) is 13.3. The summed E-state index contributed by atoms with van der Waals surface area (Å²) in [6.07, 6.45) is 0. The highest BCUT2D eigenvalue weighted by atomic mass is 14.9. The van der Waals surface area contributed by atoms with Crippen LogP contribution >= 0.6 is 0 Å². The first-order chi connectivity index (χ1) is 29.7. The van der Waals surface area contributed by atoms with Crippen LogP contribution < -0.4 is 0 Å². The van der Waals surface area contributed by atoms with Crippen molar-refractivity contribution >= 4 is 32.4 Å². The maximum atomic E-state index is 5.36. The van der Waals surface area contributed by atoms with Gasteiger partial charge in [-0.2, -0.15) is 0 Å². The van der Waals surface area contributed by atoms with E-state index in [0.717, 1.165) is 99.6 Å². The molecule has 0 N–H and O–H groups in total. The monoisotopic (exact) mass is 764 g/mol. The van der Waals surface area contributed by atoms with Gasteiger partial charge in [-0.25, -0.2) is 19.9 Å². The largest absolute Gasteiger partial charge is 0.228 e. The van der Waals surface area contributed by atoms with Crippen molar-refractivity contribution in [1.29, 1.82) is 0 Å². The first-order valence-corrected chi connectivity index (χ1v) is 20.2. The summed E-state index contributed by atoms with van der Waals surface area (Å²) < 4.78 is 0. The zero-order chi connectivity index (χ0) is 39.8. The Labute approximate surface area is 348 Å². The summed E-state index contributed by atoms with van der Waals surface area (Å²) in [5.74, 6) is 1.40. The van der Waals surface area contributed by atoms with E-state index in [-0.39, 0.29) is 0 Å². The van der Waals surface area contributed by atoms with Gasteiger partial charge in [0.2, 0.25) is 0 Å². The summed E-state index contributed by atoms with van der Waals surface area (Å²) in [4.78, 5) is 20.6. The molecule has 4 heteroatoms. The van der Waals surface area contributed by atoms with Crippen LogP contribution in [0.15, 0.2) is 218 Å². The van der Waals surface area contributed by atoms with Gasteiger partial charge in [0.15, 0.2) is 11.6 Å². The van der Waals surface area contributed by atoms with Crippen molar-refractivity contribution in [1.82, 2.24) is 19.9 Å². The van der Waals surface area contributed by atoms with Gasteiger partial charge >= 0.3 is 0 Å². The molecule has 0 amide bonds. The standard InChI is InChI=1S/C56H36N4/c1-5-15-37(16-6-1)45-33-46(38-17-7-2-8-18-38)35-49(34-45)54-50-23-13-14-24-51(50)57-56(60-54)44-28-26-42-29-47-31-43(27-25-41(47)30-48(42)32-44)53-36-52(39-19-9-3-10-20-39)58-55(59-53)40-21-11-4-12-22-40/h1-36H. The first-order valence-electron chi connectivity index (χ1n) is 20.2. The molecule has 2 heterocycles. The van der Waals surface area contributed by atoms with Gasteiger partial charge in [-0.05, 0) is 98.4 Å². The second kappa shape index (κ2) is 15.0. The minimum Gasteiger partial charge on any atom is -0.228 e. The van der Waals surface area contributed by atoms with Crippen molar-refractivity contribution in [2.75, 3.05) is 0 Å². The molecule has 0 bridgehead atoms. The van der Waals surface area contributed by atoms with Gasteiger partial charge in [-0.3, -0.25) is 0 Å². The summed E-state index contributed by atoms with van der Waals surface area (Å²) in [6, 6.07) is 76.5. The fraction of sp³-hybridized carbons (Fsp3) is 0. The Bertz CT molecular complexity index is 3230. The molecule has 0 saturated heterocycles. The zero-order valence-corrected chi connectivity index (χ0v) is 32.6. The van der Waals surface area contributed by atoms with E-state index in [4.69, 9.17) is 19.9 Å². The molecule has 0 aliphatic carbocycles. The normalized spacial score (nSPS) is 11.3. The lowest BCUT2D eigenvalue weighted by atomic mass is 9.94. The summed E-state index contributed by atoms with van der Waals surface area (Å²) >= 11 is 0. The molecule has 2 aromatic heterocycles. The van der Waals surface area contributed by atoms with Gasteiger partial charge in [-0.1, -0.05) is 164 Å². The number of rotatable bonds is 7. The van der Waals surface area contributed by atoms with Gasteiger partial charge in [0.05, 0.1) is 22.6 Å². The van der Waals surface area contributed by atoms with Crippen LogP contribution in [0, 0.1) is 0 Å². The van der Waals surface area contributed by atoms with Crippen molar-refractivity contribution in [3.05, 3.63) is 218 Å². The fourth-order valence-corrected chi connectivity index (χ4v) is 8.15. The Kier molecular flexibility index (Phi) is 8.79. The molecule has 4 nitrogen and oxygen atoms in total. The number of para-hydroxylation sites is 1. The first kappa shape index (κ1) is 35.1. The van der Waals surface area contributed by atoms with Crippen molar-refractivity contribution in [3.63, 3.8) is 0 Å². The fourth-order valence-electron chi connectivity index (χ4n) is 8.15. The average Bonchev–Trinajstić information content (AvgIpc) is 3.33. The third kappa shape index (κ3) is 6.76. The maximum Gasteiger partial charge on any atom is 0.160 e. The van der Waals surface area contributed by atoms with Crippen LogP contribution in [0.3, 0.4) is 0 Å². The van der Waals surface area contributed by atoms with Crippen LogP contribution in [0.25, 0.3) is 111 Å². The number of hydrogen-bond donors (Lipinski definition) is 0. The lowest BCUT2D eigenvalue weighted by Gasteiger charge is -2.14. The van der Waals surface area contributed by atoms with Crippen LogP contribution in [0.2, 0.25) is 0 Å². The van der Waals surface area contributed by atoms with Gasteiger partial charge in [0.1, 0.15) is 0 Å². The quantitative estimate of drug-likeness (QED) is 0.152. The third-order valence-corrected chi connectivity index (χ3v) is 11.2. The molecule has 280 valence electrons. The Morgan fingerprint density at radius 2 is 0.700 bits per heavy atom. The van der Waals surface area contributed by atoms with Crippen molar-refractivity contribution < 1.29 is 0 Å². The Balaban J connectivity index is 1.00. The minimum atomic E-state index is 0.694. The lowest BCUT2D eigenvalue weighted by molar-refractivity contribution is 1.18. The topological polar surface area (TPSA) is 51.6 Å². The molecule has 11 aromatic rings. The summed E-state index contributed by atoms with van der Waals surface area (Å²) in [5, 5.41) is 5.58. The van der Waals surface area contributed by atoms with Gasteiger partial charge in [0, 0.05) is 33.2 Å². The number of benzene rings is 9. The molecule has 0 saturated carbocycles. The number of aromatic nitrogens is 4. The van der Waals surface area contributed by atoms with Gasteiger partial charge in [0.25, 0.3) is 0 Å². The van der Waals surface area contributed by atoms with E-state index in [0.29, 0.717) is 11.6 Å². The van der Waals surface area contributed by atoms with Gasteiger partial charge < -0.3 is 0 Å². The van der Waals surface area contributed by atoms with E-state index in [1.54, 1.807) is 0 Å². The molecule has 0 fully saturated rings. The van der Waals surface area contributed by atoms with Gasteiger partial charge in [-0.15, -0.1) is 0 Å². The highest BCUT2D eigenvalue weighted by Crippen LogP contribution is 2.37. The van der Waals surface area contributed by atoms with E-state index in [9.17, 15) is 0 Å². The highest BCUT2D eigenvalue weighted by Gasteiger charge is 2.16. The highest BCUT2D eigenvalue weighted by molar-refractivity contribution is 6.01. The third-order valence-electron chi connectivity index (χ3n) is 11.2. The average molecular weight is 765 g/mol. The summed E-state index contributed by atoms with van der Waals surface area (Å²) in [6.45, 7) is 0. The molecule has 60 heavy (non-hydrogen) atoms. The van der Waals surface area contributed by atoms with Crippen molar-refractivity contribution in [2.45, 2.75) is 0 Å². The van der Waals surface area contributed by atoms with Crippen LogP contribution in [-0.4, -0.2) is 19.9 Å². The van der Waals surface area contributed by atoms with Crippen molar-refractivity contribution in [3.8, 4) is 78.8 Å². The molecule has 0 aliphatic rings. The van der Waals surface area contributed by atoms with Crippen LogP contribution in [0.1, 0.15) is 0 Å². The van der Waals surface area contributed by atoms with E-state index < -0.39 is 0 Å². The molecule has 9 aromatic carbocycles. The second-order valence-corrected chi connectivity index (χ2v) is 15.1. The Hall–Kier alpha value is -8.08. The molecular weight excluding hydrogens is 729 g/mol. The molecule has 11 rings (SSSR count). The molecule has 0 atom stereocenters. The molecular formula is C56H36N4. The number of hydrogen-bond acceptors (Lipinski definition) is 4. The maximum absolute atomic E-state index is 5.36. The number of fused-ring (bicyclic) bond motifs is 3. The predicted octanol–water partition coefficient (Wildman–Crippen LogP) is 14.4. The molecule has 0 radical (unpaired) electrons. The molecule has 0 aliphatic heterocycles. The second-order valence-electron chi connectivity index (χ2n) is 15.1. The van der Waals surface area contributed by atoms with E-state index in [1.165, 1.54) is 0 Å². The van der Waals surface area contributed by atoms with Crippen LogP contribution in [-0.2, 0) is 0 Å². The minimum absolute atomic E-state index is 0.694. The predicted molar refractivity (Wildman–Crippen MR) is 248 cm³/mol. The lowest BCUT2D eigenvalue weighted by Crippen LogP contribution is -1.96. The Morgan fingerprint density at radius 1 is 0.233 bits per heavy atom. The zero-order valence-electron chi connectivity index (χ0n) is 32.6. The van der Waals surface area contributed by atoms with Crippen LogP contribution in [0.5, 0.6) is 0 Å². The van der Waals surface area contributed by atoms with E-state index in [1.807, 2.05) is 42.5 Å². The number of nitrogens with zero attached hydrogens (tertiary/aromatic N) is 4. The SMILES string of the molecule is c1ccc(-c2cc(-c3ccccc3)cc(-c3nc(-c4ccc5cc6cc(-c7cc(-c8ccccc8)nc(-c8ccccc8)n7)ccc6cc5c4)nc4ccccc34)c2)cc1. The smallest absolute Gasteiger partial charge is 0.160 e. The van der Waals surface area contributed by atoms with E-state index >= 15 is 0 Å². The molecule has 0 unspecified atom stereocenters. The summed E-state index contributed by atoms with van der Waals surface area (Å²) in [7, 11) is 0. The molecule has 0 spiro atoms. The van der Waals surface area contributed by atoms with Crippen molar-refractivity contribution in [2.24, 2.45) is 0 Å². The Morgan fingerprint density at radius 3 is 1.32 bits per heavy atom. The van der Waals surface area contributed by atoms with E-state index in [2.05, 4.69) is 176 Å².